The van der Waals surface area contributed by atoms with E-state index < -0.39 is 0 Å². The summed E-state index contributed by atoms with van der Waals surface area (Å²) in [7, 11) is 0. The fourth-order valence-electron chi connectivity index (χ4n) is 2.24. The van der Waals surface area contributed by atoms with Gasteiger partial charge in [0.25, 0.3) is 0 Å². The zero-order valence-electron chi connectivity index (χ0n) is 11.0. The van der Waals surface area contributed by atoms with Crippen molar-refractivity contribution in [3.63, 3.8) is 0 Å². The quantitative estimate of drug-likeness (QED) is 0.772. The molecular formula is C15H17N3S. The third-order valence-electron chi connectivity index (χ3n) is 3.23. The van der Waals surface area contributed by atoms with Crippen molar-refractivity contribution in [1.29, 1.82) is 0 Å². The molecule has 0 aliphatic rings. The Morgan fingerprint density at radius 2 is 2.26 bits per heavy atom. The van der Waals surface area contributed by atoms with Gasteiger partial charge in [-0.1, -0.05) is 19.1 Å². The number of nitrogens with one attached hydrogen (secondary N) is 1. The Kier molecular flexibility index (Phi) is 3.62. The van der Waals surface area contributed by atoms with Crippen LogP contribution in [0.3, 0.4) is 0 Å². The Balaban J connectivity index is 1.91. The second kappa shape index (κ2) is 5.55. The normalized spacial score (nSPS) is 11.2. The van der Waals surface area contributed by atoms with Gasteiger partial charge < -0.3 is 9.88 Å². The molecule has 0 unspecified atom stereocenters. The van der Waals surface area contributed by atoms with Crippen molar-refractivity contribution in [3.8, 4) is 0 Å². The molecule has 0 bridgehead atoms. The maximum atomic E-state index is 4.36. The van der Waals surface area contributed by atoms with E-state index in [0.29, 0.717) is 0 Å². The number of hydrogen-bond acceptors (Lipinski definition) is 3. The summed E-state index contributed by atoms with van der Waals surface area (Å²) in [5.74, 6) is 0. The Morgan fingerprint density at radius 3 is 3.05 bits per heavy atom. The Labute approximate surface area is 116 Å². The largest absolute Gasteiger partial charge is 0.341 e. The van der Waals surface area contributed by atoms with Gasteiger partial charge in [-0.15, -0.1) is 11.3 Å². The maximum absolute atomic E-state index is 4.36. The van der Waals surface area contributed by atoms with Crippen molar-refractivity contribution in [2.45, 2.75) is 20.0 Å². The second-order valence-electron chi connectivity index (χ2n) is 4.60. The van der Waals surface area contributed by atoms with Gasteiger partial charge in [-0.2, -0.15) is 0 Å². The number of hydrogen-bond donors (Lipinski definition) is 1. The SMILES string of the molecule is CCNCc1ccc2ccn(Cc3cscn3)c2c1. The van der Waals surface area contributed by atoms with Crippen LogP contribution in [-0.2, 0) is 13.1 Å². The highest BCUT2D eigenvalue weighted by molar-refractivity contribution is 7.07. The lowest BCUT2D eigenvalue weighted by molar-refractivity contribution is 0.726. The van der Waals surface area contributed by atoms with E-state index in [-0.39, 0.29) is 0 Å². The molecule has 0 atom stereocenters. The minimum atomic E-state index is 0.845. The summed E-state index contributed by atoms with van der Waals surface area (Å²) < 4.78 is 2.26. The number of benzene rings is 1. The van der Waals surface area contributed by atoms with Crippen molar-refractivity contribution in [3.05, 3.63) is 52.6 Å². The van der Waals surface area contributed by atoms with Crippen LogP contribution in [0.1, 0.15) is 18.2 Å². The molecule has 1 aromatic carbocycles. The lowest BCUT2D eigenvalue weighted by Crippen LogP contribution is -2.11. The standard InChI is InChI=1S/C15H17N3S/c1-2-16-8-12-3-4-13-5-6-18(15(13)7-12)9-14-10-19-11-17-14/h3-7,10-11,16H,2,8-9H2,1H3. The van der Waals surface area contributed by atoms with Crippen molar-refractivity contribution in [1.82, 2.24) is 14.9 Å². The highest BCUT2D eigenvalue weighted by Gasteiger charge is 2.04. The van der Waals surface area contributed by atoms with Crippen molar-refractivity contribution < 1.29 is 0 Å². The minimum Gasteiger partial charge on any atom is -0.341 e. The number of rotatable bonds is 5. The predicted octanol–water partition coefficient (Wildman–Crippen LogP) is 3.26. The van der Waals surface area contributed by atoms with Gasteiger partial charge in [-0.3, -0.25) is 0 Å². The smallest absolute Gasteiger partial charge is 0.0795 e. The van der Waals surface area contributed by atoms with Gasteiger partial charge in [0.05, 0.1) is 17.7 Å². The molecule has 0 radical (unpaired) electrons. The number of aromatic nitrogens is 2. The zero-order valence-corrected chi connectivity index (χ0v) is 11.8. The molecule has 98 valence electrons. The van der Waals surface area contributed by atoms with Gasteiger partial charge in [-0.05, 0) is 29.6 Å². The van der Waals surface area contributed by atoms with Crippen LogP contribution in [-0.4, -0.2) is 16.1 Å². The maximum Gasteiger partial charge on any atom is 0.0795 e. The lowest BCUT2D eigenvalue weighted by Gasteiger charge is -2.06. The molecule has 0 amide bonds. The summed E-state index contributed by atoms with van der Waals surface area (Å²) in [6, 6.07) is 8.82. The van der Waals surface area contributed by atoms with Crippen LogP contribution < -0.4 is 5.32 Å². The number of nitrogens with zero attached hydrogens (tertiary/aromatic N) is 2. The van der Waals surface area contributed by atoms with Crippen molar-refractivity contribution in [2.75, 3.05) is 6.54 Å². The number of thiazole rings is 1. The van der Waals surface area contributed by atoms with Crippen LogP contribution in [0.4, 0.5) is 0 Å². The summed E-state index contributed by atoms with van der Waals surface area (Å²) in [5.41, 5.74) is 5.62. The van der Waals surface area contributed by atoms with Gasteiger partial charge >= 0.3 is 0 Å². The average molecular weight is 271 g/mol. The van der Waals surface area contributed by atoms with Gasteiger partial charge in [-0.25, -0.2) is 4.98 Å². The van der Waals surface area contributed by atoms with Gasteiger partial charge in [0.2, 0.25) is 0 Å². The molecular weight excluding hydrogens is 254 g/mol. The summed E-state index contributed by atoms with van der Waals surface area (Å²) >= 11 is 1.65. The van der Waals surface area contributed by atoms with E-state index in [1.165, 1.54) is 16.5 Å². The molecule has 3 nitrogen and oxygen atoms in total. The summed E-state index contributed by atoms with van der Waals surface area (Å²) in [5, 5.41) is 6.76. The molecule has 0 aliphatic carbocycles. The predicted molar refractivity (Wildman–Crippen MR) is 80.5 cm³/mol. The summed E-state index contributed by atoms with van der Waals surface area (Å²) in [4.78, 5) is 4.36. The van der Waals surface area contributed by atoms with Gasteiger partial charge in [0.15, 0.2) is 0 Å². The van der Waals surface area contributed by atoms with E-state index in [0.717, 1.165) is 25.3 Å². The molecule has 3 aromatic rings. The molecule has 1 N–H and O–H groups in total. The molecule has 2 heterocycles. The van der Waals surface area contributed by atoms with E-state index in [2.05, 4.69) is 57.6 Å². The van der Waals surface area contributed by atoms with Crippen molar-refractivity contribution in [2.24, 2.45) is 0 Å². The summed E-state index contributed by atoms with van der Waals surface area (Å²) in [6.07, 6.45) is 2.14. The first-order valence-electron chi connectivity index (χ1n) is 6.52. The molecule has 2 aromatic heterocycles. The number of fused-ring (bicyclic) bond motifs is 1. The van der Waals surface area contributed by atoms with Crippen molar-refractivity contribution >= 4 is 22.2 Å². The van der Waals surface area contributed by atoms with Crippen LogP contribution in [0.15, 0.2) is 41.4 Å². The Hall–Kier alpha value is -1.65. The van der Waals surface area contributed by atoms with Crippen LogP contribution in [0, 0.1) is 0 Å². The van der Waals surface area contributed by atoms with Gasteiger partial charge in [0.1, 0.15) is 0 Å². The second-order valence-corrected chi connectivity index (χ2v) is 5.32. The molecule has 0 fully saturated rings. The molecule has 19 heavy (non-hydrogen) atoms. The Morgan fingerprint density at radius 1 is 1.32 bits per heavy atom. The first kappa shape index (κ1) is 12.4. The topological polar surface area (TPSA) is 29.9 Å². The highest BCUT2D eigenvalue weighted by atomic mass is 32.1. The van der Waals surface area contributed by atoms with E-state index >= 15 is 0 Å². The Bertz CT molecular complexity index is 655. The first-order valence-corrected chi connectivity index (χ1v) is 7.46. The van der Waals surface area contributed by atoms with E-state index in [1.54, 1.807) is 11.3 Å². The van der Waals surface area contributed by atoms with E-state index in [4.69, 9.17) is 0 Å². The van der Waals surface area contributed by atoms with Crippen LogP contribution in [0.25, 0.3) is 10.9 Å². The van der Waals surface area contributed by atoms with Crippen LogP contribution in [0.2, 0.25) is 0 Å². The van der Waals surface area contributed by atoms with E-state index in [1.807, 2.05) is 5.51 Å². The first-order chi connectivity index (χ1) is 9.36. The third kappa shape index (κ3) is 2.69. The lowest BCUT2D eigenvalue weighted by atomic mass is 10.1. The average Bonchev–Trinajstić information content (AvgIpc) is 3.07. The highest BCUT2D eigenvalue weighted by Crippen LogP contribution is 2.19. The monoisotopic (exact) mass is 271 g/mol. The summed E-state index contributed by atoms with van der Waals surface area (Å²) in [6.45, 7) is 4.90. The fraction of sp³-hybridized carbons (Fsp3) is 0.267. The molecule has 3 rings (SSSR count). The van der Waals surface area contributed by atoms with E-state index in [9.17, 15) is 0 Å². The van der Waals surface area contributed by atoms with Crippen LogP contribution in [0.5, 0.6) is 0 Å². The molecule has 0 spiro atoms. The van der Waals surface area contributed by atoms with Crippen LogP contribution >= 0.6 is 11.3 Å². The molecule has 0 saturated carbocycles. The molecule has 4 heteroatoms. The molecule has 0 saturated heterocycles. The third-order valence-corrected chi connectivity index (χ3v) is 3.87. The fourth-order valence-corrected chi connectivity index (χ4v) is 2.79. The zero-order chi connectivity index (χ0) is 13.1. The van der Waals surface area contributed by atoms with Gasteiger partial charge in [0, 0.05) is 23.6 Å². The molecule has 0 aliphatic heterocycles. The minimum absolute atomic E-state index is 0.845.